The predicted molar refractivity (Wildman–Crippen MR) is 127 cm³/mol. The molecule has 2 fully saturated rings. The van der Waals surface area contributed by atoms with Gasteiger partial charge in [-0.3, -0.25) is 14.7 Å². The lowest BCUT2D eigenvalue weighted by atomic mass is 9.98. The number of nitrogens with one attached hydrogen (secondary N) is 1. The van der Waals surface area contributed by atoms with Crippen molar-refractivity contribution in [3.63, 3.8) is 0 Å². The second-order valence-corrected chi connectivity index (χ2v) is 10.9. The standard InChI is InChI=1S/C21H34ClN5O3S/c1-7-15(5)27-20(24-16(6)22)18(14(3)4)25-19(21(27)28)23-13-17-9-11-26(12-10-17)31(29,30)8-2/h15,17H,6-13H2,1-5H3,(H,23,25)/b24-20+/t15-/m1/s1. The normalized spacial score (nSPS) is 22.7. The average molecular weight is 472 g/mol. The Morgan fingerprint density at radius 2 is 1.90 bits per heavy atom. The first-order valence-corrected chi connectivity index (χ1v) is 12.7. The molecule has 0 spiro atoms. The van der Waals surface area contributed by atoms with Crippen molar-refractivity contribution in [2.75, 3.05) is 25.4 Å². The summed E-state index contributed by atoms with van der Waals surface area (Å²) in [5.74, 6) is 0.835. The maximum absolute atomic E-state index is 13.2. The first-order chi connectivity index (χ1) is 14.5. The van der Waals surface area contributed by atoms with Crippen LogP contribution in [0.3, 0.4) is 0 Å². The van der Waals surface area contributed by atoms with Gasteiger partial charge in [0.1, 0.15) is 5.16 Å². The minimum atomic E-state index is -3.15. The summed E-state index contributed by atoms with van der Waals surface area (Å²) in [5, 5.41) is 3.25. The highest BCUT2D eigenvalue weighted by atomic mass is 35.5. The molecule has 1 atom stereocenters. The van der Waals surface area contributed by atoms with Gasteiger partial charge < -0.3 is 5.32 Å². The van der Waals surface area contributed by atoms with Crippen molar-refractivity contribution in [1.82, 2.24) is 14.5 Å². The number of carbonyl (C=O) groups excluding carboxylic acids is 1. The zero-order valence-corrected chi connectivity index (χ0v) is 20.7. The Kier molecular flexibility index (Phi) is 8.85. The maximum atomic E-state index is 13.2. The van der Waals surface area contributed by atoms with E-state index in [-0.39, 0.29) is 34.6 Å². The number of aliphatic imine (C=N–C) groups is 2. The molecule has 8 nitrogen and oxygen atoms in total. The minimum absolute atomic E-state index is 0.0913. The van der Waals surface area contributed by atoms with Gasteiger partial charge in [-0.1, -0.05) is 25.1 Å². The van der Waals surface area contributed by atoms with Crippen LogP contribution in [-0.4, -0.2) is 66.6 Å². The molecule has 0 aromatic carbocycles. The van der Waals surface area contributed by atoms with E-state index in [4.69, 9.17) is 11.6 Å². The number of piperazine rings is 1. The third-order valence-electron chi connectivity index (χ3n) is 5.71. The Hall–Kier alpha value is -1.71. The summed E-state index contributed by atoms with van der Waals surface area (Å²) in [4.78, 5) is 23.8. The zero-order valence-electron chi connectivity index (χ0n) is 19.1. The summed E-state index contributed by atoms with van der Waals surface area (Å²) in [6, 6.07) is -0.0913. The molecule has 2 aliphatic rings. The van der Waals surface area contributed by atoms with Crippen LogP contribution in [0, 0.1) is 5.92 Å². The number of nitrogens with zero attached hydrogens (tertiary/aromatic N) is 4. The van der Waals surface area contributed by atoms with Crippen LogP contribution in [0.1, 0.15) is 53.9 Å². The van der Waals surface area contributed by atoms with Crippen molar-refractivity contribution in [2.45, 2.75) is 59.9 Å². The van der Waals surface area contributed by atoms with E-state index in [1.54, 1.807) is 16.1 Å². The Bertz CT molecular complexity index is 898. The molecule has 2 aliphatic heterocycles. The summed E-state index contributed by atoms with van der Waals surface area (Å²) < 4.78 is 25.7. The van der Waals surface area contributed by atoms with E-state index >= 15 is 0 Å². The summed E-state index contributed by atoms with van der Waals surface area (Å²) >= 11 is 5.95. The van der Waals surface area contributed by atoms with Gasteiger partial charge in [-0.2, -0.15) is 0 Å². The summed E-state index contributed by atoms with van der Waals surface area (Å²) in [5.41, 5.74) is 1.65. The summed E-state index contributed by atoms with van der Waals surface area (Å²) in [7, 11) is -3.15. The van der Waals surface area contributed by atoms with Crippen LogP contribution in [0.4, 0.5) is 0 Å². The molecule has 0 bridgehead atoms. The van der Waals surface area contributed by atoms with E-state index in [0.717, 1.165) is 24.8 Å². The van der Waals surface area contributed by atoms with Crippen molar-refractivity contribution in [3.8, 4) is 0 Å². The Morgan fingerprint density at radius 3 is 2.39 bits per heavy atom. The molecule has 0 saturated carbocycles. The van der Waals surface area contributed by atoms with Gasteiger partial charge in [0, 0.05) is 25.7 Å². The van der Waals surface area contributed by atoms with Crippen molar-refractivity contribution >= 4 is 39.2 Å². The van der Waals surface area contributed by atoms with Gasteiger partial charge in [0.25, 0.3) is 5.91 Å². The van der Waals surface area contributed by atoms with Gasteiger partial charge >= 0.3 is 0 Å². The van der Waals surface area contributed by atoms with Crippen molar-refractivity contribution in [2.24, 2.45) is 15.9 Å². The lowest BCUT2D eigenvalue weighted by Gasteiger charge is -2.36. The number of rotatable bonds is 7. The quantitative estimate of drug-likeness (QED) is 0.577. The van der Waals surface area contributed by atoms with Gasteiger partial charge in [-0.15, -0.1) is 0 Å². The number of hydrogen-bond acceptors (Lipinski definition) is 5. The SMILES string of the molecule is C=C(Cl)/N=C1\C(=C(C)C)NC(=NCC2CCN(S(=O)(=O)CC)CC2)C(=O)N1[C@H](C)CC. The number of halogens is 1. The van der Waals surface area contributed by atoms with Crippen LogP contribution >= 0.6 is 11.6 Å². The number of amides is 1. The minimum Gasteiger partial charge on any atom is -0.333 e. The number of amidine groups is 2. The van der Waals surface area contributed by atoms with Crippen LogP contribution in [0.2, 0.25) is 0 Å². The molecule has 10 heteroatoms. The molecule has 0 radical (unpaired) electrons. The van der Waals surface area contributed by atoms with Crippen LogP contribution in [0.15, 0.2) is 33.0 Å². The molecular weight excluding hydrogens is 438 g/mol. The Balaban J connectivity index is 2.24. The van der Waals surface area contributed by atoms with Crippen LogP contribution < -0.4 is 5.32 Å². The molecule has 2 heterocycles. The Labute approximate surface area is 191 Å². The van der Waals surface area contributed by atoms with E-state index in [2.05, 4.69) is 21.9 Å². The van der Waals surface area contributed by atoms with E-state index in [1.165, 1.54) is 0 Å². The van der Waals surface area contributed by atoms with Crippen LogP contribution in [0.5, 0.6) is 0 Å². The van der Waals surface area contributed by atoms with Gasteiger partial charge in [-0.25, -0.2) is 17.7 Å². The molecule has 2 saturated heterocycles. The second-order valence-electron chi connectivity index (χ2n) is 8.18. The fourth-order valence-electron chi connectivity index (χ4n) is 3.60. The molecule has 31 heavy (non-hydrogen) atoms. The zero-order chi connectivity index (χ0) is 23.3. The fourth-order valence-corrected chi connectivity index (χ4v) is 4.82. The van der Waals surface area contributed by atoms with Gasteiger partial charge in [-0.05, 0) is 58.4 Å². The number of piperidine rings is 1. The van der Waals surface area contributed by atoms with Crippen LogP contribution in [0.25, 0.3) is 0 Å². The summed E-state index contributed by atoms with van der Waals surface area (Å²) in [6.07, 6.45) is 2.20. The van der Waals surface area contributed by atoms with Crippen molar-refractivity contribution < 1.29 is 13.2 Å². The molecule has 0 aliphatic carbocycles. The van der Waals surface area contributed by atoms with Crippen LogP contribution in [-0.2, 0) is 14.8 Å². The monoisotopic (exact) mass is 471 g/mol. The van der Waals surface area contributed by atoms with E-state index in [9.17, 15) is 13.2 Å². The number of hydrogen-bond donors (Lipinski definition) is 1. The third kappa shape index (κ3) is 6.17. The number of allylic oxidation sites excluding steroid dienone is 1. The van der Waals surface area contributed by atoms with E-state index < -0.39 is 10.0 Å². The summed E-state index contributed by atoms with van der Waals surface area (Å²) in [6.45, 7) is 14.6. The van der Waals surface area contributed by atoms with E-state index in [1.807, 2.05) is 27.7 Å². The molecule has 1 N–H and O–H groups in total. The highest BCUT2D eigenvalue weighted by molar-refractivity contribution is 7.89. The maximum Gasteiger partial charge on any atom is 0.295 e. The van der Waals surface area contributed by atoms with Gasteiger partial charge in [0.05, 0.1) is 11.4 Å². The van der Waals surface area contributed by atoms with E-state index in [0.29, 0.717) is 31.2 Å². The average Bonchev–Trinajstić information content (AvgIpc) is 2.72. The molecule has 1 amide bonds. The predicted octanol–water partition coefficient (Wildman–Crippen LogP) is 3.08. The topological polar surface area (TPSA) is 94.4 Å². The smallest absolute Gasteiger partial charge is 0.295 e. The molecule has 0 aromatic rings. The molecular formula is C21H34ClN5O3S. The first kappa shape index (κ1) is 25.5. The number of carbonyl (C=O) groups is 1. The third-order valence-corrected chi connectivity index (χ3v) is 7.68. The second kappa shape index (κ2) is 10.7. The molecule has 174 valence electrons. The van der Waals surface area contributed by atoms with Crippen molar-refractivity contribution in [1.29, 1.82) is 0 Å². The lowest BCUT2D eigenvalue weighted by molar-refractivity contribution is -0.122. The fraction of sp³-hybridized carbons (Fsp3) is 0.667. The number of sulfonamides is 1. The first-order valence-electron chi connectivity index (χ1n) is 10.8. The van der Waals surface area contributed by atoms with Crippen molar-refractivity contribution in [3.05, 3.63) is 23.0 Å². The Morgan fingerprint density at radius 1 is 1.29 bits per heavy atom. The van der Waals surface area contributed by atoms with Gasteiger partial charge in [0.15, 0.2) is 11.7 Å². The molecule has 2 rings (SSSR count). The highest BCUT2D eigenvalue weighted by Crippen LogP contribution is 2.22. The highest BCUT2D eigenvalue weighted by Gasteiger charge is 2.36. The lowest BCUT2D eigenvalue weighted by Crippen LogP contribution is -2.57. The molecule has 0 unspecified atom stereocenters. The van der Waals surface area contributed by atoms with Gasteiger partial charge in [0.2, 0.25) is 10.0 Å². The molecule has 0 aromatic heterocycles. The largest absolute Gasteiger partial charge is 0.333 e.